The summed E-state index contributed by atoms with van der Waals surface area (Å²) in [5, 5.41) is 6.12. The molecule has 1 saturated heterocycles. The van der Waals surface area contributed by atoms with E-state index < -0.39 is 17.8 Å². The van der Waals surface area contributed by atoms with E-state index in [4.69, 9.17) is 4.52 Å². The number of aryl methyl sites for hydroxylation is 1. The fourth-order valence-corrected chi connectivity index (χ4v) is 2.32. The molecule has 8 heteroatoms. The summed E-state index contributed by atoms with van der Waals surface area (Å²) in [6.07, 6.45) is 1.87. The summed E-state index contributed by atoms with van der Waals surface area (Å²) in [6.45, 7) is 2.36. The molecule has 2 amide bonds. The number of rotatable bonds is 2. The van der Waals surface area contributed by atoms with E-state index >= 15 is 0 Å². The van der Waals surface area contributed by atoms with E-state index in [9.17, 15) is 14.0 Å². The molecular formula is C14H13FN4O3. The van der Waals surface area contributed by atoms with Crippen LogP contribution in [0.4, 0.5) is 4.39 Å². The molecule has 114 valence electrons. The van der Waals surface area contributed by atoms with Crippen molar-refractivity contribution in [2.75, 3.05) is 13.1 Å². The van der Waals surface area contributed by atoms with Crippen molar-refractivity contribution in [1.82, 2.24) is 20.2 Å². The van der Waals surface area contributed by atoms with E-state index in [0.29, 0.717) is 25.3 Å². The fraction of sp³-hybridized carbons (Fsp3) is 0.286. The Labute approximate surface area is 125 Å². The number of amides is 2. The van der Waals surface area contributed by atoms with Crippen molar-refractivity contribution in [2.24, 2.45) is 0 Å². The first-order valence-corrected chi connectivity index (χ1v) is 6.75. The van der Waals surface area contributed by atoms with Gasteiger partial charge in [0.05, 0.1) is 5.56 Å². The molecule has 3 heterocycles. The zero-order chi connectivity index (χ0) is 15.7. The number of hydrazine groups is 1. The Morgan fingerprint density at radius 3 is 2.64 bits per heavy atom. The van der Waals surface area contributed by atoms with Crippen LogP contribution in [0.15, 0.2) is 28.9 Å². The summed E-state index contributed by atoms with van der Waals surface area (Å²) in [5.41, 5.74) is -0.0533. The summed E-state index contributed by atoms with van der Waals surface area (Å²) in [6, 6.07) is 4.30. The smallest absolute Gasteiger partial charge is 0.294 e. The quantitative estimate of drug-likeness (QED) is 0.784. The third kappa shape index (κ3) is 2.43. The first kappa shape index (κ1) is 14.2. The second-order valence-corrected chi connectivity index (χ2v) is 4.87. The normalized spacial score (nSPS) is 14.5. The number of halogens is 1. The van der Waals surface area contributed by atoms with Crippen molar-refractivity contribution >= 4 is 11.8 Å². The van der Waals surface area contributed by atoms with Crippen molar-refractivity contribution in [1.29, 1.82) is 0 Å². The molecule has 0 radical (unpaired) electrons. The maximum atomic E-state index is 13.7. The van der Waals surface area contributed by atoms with Crippen LogP contribution < -0.4 is 0 Å². The minimum Gasteiger partial charge on any atom is -0.361 e. The van der Waals surface area contributed by atoms with Crippen molar-refractivity contribution in [3.05, 3.63) is 47.4 Å². The van der Waals surface area contributed by atoms with Crippen molar-refractivity contribution < 1.29 is 18.5 Å². The Morgan fingerprint density at radius 1 is 1.27 bits per heavy atom. The average molecular weight is 304 g/mol. The third-order valence-electron chi connectivity index (χ3n) is 3.34. The molecule has 1 aliphatic rings. The van der Waals surface area contributed by atoms with Gasteiger partial charge in [-0.1, -0.05) is 5.16 Å². The molecular weight excluding hydrogens is 291 g/mol. The van der Waals surface area contributed by atoms with Gasteiger partial charge in [0.2, 0.25) is 5.95 Å². The lowest BCUT2D eigenvalue weighted by Crippen LogP contribution is -2.45. The van der Waals surface area contributed by atoms with Crippen LogP contribution in [0.1, 0.15) is 33.0 Å². The summed E-state index contributed by atoms with van der Waals surface area (Å²) in [5.74, 6) is -1.41. The second-order valence-electron chi connectivity index (χ2n) is 4.87. The Morgan fingerprint density at radius 2 is 2.00 bits per heavy atom. The molecule has 1 fully saturated rings. The summed E-state index contributed by atoms with van der Waals surface area (Å²) >= 11 is 0. The molecule has 0 N–H and O–H groups in total. The van der Waals surface area contributed by atoms with Crippen LogP contribution in [-0.2, 0) is 0 Å². The number of hydrogen-bond acceptors (Lipinski definition) is 5. The largest absolute Gasteiger partial charge is 0.361 e. The van der Waals surface area contributed by atoms with Crippen LogP contribution in [0.3, 0.4) is 0 Å². The second kappa shape index (κ2) is 5.55. The minimum absolute atomic E-state index is 0.115. The van der Waals surface area contributed by atoms with Crippen molar-refractivity contribution in [3.63, 3.8) is 0 Å². The standard InChI is InChI=1S/C14H13FN4O3/c1-9-8-11(17-22-9)14(21)19-7-3-6-18(19)13(20)10-4-2-5-16-12(10)15/h2,4-5,8H,3,6-7H2,1H3. The predicted molar refractivity (Wildman–Crippen MR) is 72.1 cm³/mol. The molecule has 0 aromatic carbocycles. The number of carbonyl (C=O) groups excluding carboxylic acids is 2. The van der Waals surface area contributed by atoms with E-state index in [0.717, 1.165) is 0 Å². The lowest BCUT2D eigenvalue weighted by Gasteiger charge is -2.27. The van der Waals surface area contributed by atoms with Gasteiger partial charge in [0.1, 0.15) is 5.76 Å². The SMILES string of the molecule is Cc1cc(C(=O)N2CCCN2C(=O)c2cccnc2F)no1. The van der Waals surface area contributed by atoms with Crippen LogP contribution in [-0.4, -0.2) is 45.1 Å². The van der Waals surface area contributed by atoms with E-state index in [1.165, 1.54) is 34.4 Å². The predicted octanol–water partition coefficient (Wildman–Crippen LogP) is 1.42. The molecule has 2 aromatic heterocycles. The van der Waals surface area contributed by atoms with Crippen LogP contribution in [0, 0.1) is 12.9 Å². The maximum Gasteiger partial charge on any atom is 0.294 e. The Bertz CT molecular complexity index is 730. The topological polar surface area (TPSA) is 79.5 Å². The van der Waals surface area contributed by atoms with E-state index in [2.05, 4.69) is 10.1 Å². The average Bonchev–Trinajstić information content (AvgIpc) is 3.15. The highest BCUT2D eigenvalue weighted by molar-refractivity contribution is 5.98. The Balaban J connectivity index is 1.86. The first-order valence-electron chi connectivity index (χ1n) is 6.75. The maximum absolute atomic E-state index is 13.7. The monoisotopic (exact) mass is 304 g/mol. The molecule has 2 aromatic rings. The van der Waals surface area contributed by atoms with Crippen LogP contribution >= 0.6 is 0 Å². The van der Waals surface area contributed by atoms with Crippen LogP contribution in [0.2, 0.25) is 0 Å². The number of pyridine rings is 1. The van der Waals surface area contributed by atoms with Gasteiger partial charge >= 0.3 is 0 Å². The van der Waals surface area contributed by atoms with Gasteiger partial charge in [-0.15, -0.1) is 0 Å². The van der Waals surface area contributed by atoms with Crippen LogP contribution in [0.5, 0.6) is 0 Å². The first-order chi connectivity index (χ1) is 10.6. The Hall–Kier alpha value is -2.77. The van der Waals surface area contributed by atoms with Crippen molar-refractivity contribution in [2.45, 2.75) is 13.3 Å². The van der Waals surface area contributed by atoms with Gasteiger partial charge in [-0.25, -0.2) is 15.0 Å². The van der Waals surface area contributed by atoms with Gasteiger partial charge in [-0.05, 0) is 25.5 Å². The molecule has 0 spiro atoms. The molecule has 0 atom stereocenters. The molecule has 0 saturated carbocycles. The molecule has 3 rings (SSSR count). The minimum atomic E-state index is -0.857. The van der Waals surface area contributed by atoms with Gasteiger partial charge in [-0.2, -0.15) is 4.39 Å². The van der Waals surface area contributed by atoms with E-state index in [1.807, 2.05) is 0 Å². The highest BCUT2D eigenvalue weighted by atomic mass is 19.1. The number of hydrogen-bond donors (Lipinski definition) is 0. The van der Waals surface area contributed by atoms with Gasteiger partial charge in [0, 0.05) is 25.4 Å². The number of nitrogens with zero attached hydrogens (tertiary/aromatic N) is 4. The highest BCUT2D eigenvalue weighted by Gasteiger charge is 2.34. The van der Waals surface area contributed by atoms with Crippen molar-refractivity contribution in [3.8, 4) is 0 Å². The van der Waals surface area contributed by atoms with Gasteiger partial charge < -0.3 is 4.52 Å². The summed E-state index contributed by atoms with van der Waals surface area (Å²) in [4.78, 5) is 28.3. The third-order valence-corrected chi connectivity index (χ3v) is 3.34. The van der Waals surface area contributed by atoms with Gasteiger partial charge in [0.15, 0.2) is 5.69 Å². The van der Waals surface area contributed by atoms with Gasteiger partial charge in [0.25, 0.3) is 11.8 Å². The summed E-state index contributed by atoms with van der Waals surface area (Å²) < 4.78 is 18.5. The molecule has 7 nitrogen and oxygen atoms in total. The highest BCUT2D eigenvalue weighted by Crippen LogP contribution is 2.19. The van der Waals surface area contributed by atoms with Gasteiger partial charge in [-0.3, -0.25) is 9.59 Å². The molecule has 0 unspecified atom stereocenters. The Kier molecular flexibility index (Phi) is 3.58. The van der Waals surface area contributed by atoms with E-state index in [1.54, 1.807) is 6.92 Å². The van der Waals surface area contributed by atoms with E-state index in [-0.39, 0.29) is 11.3 Å². The zero-order valence-electron chi connectivity index (χ0n) is 11.8. The lowest BCUT2D eigenvalue weighted by atomic mass is 10.2. The molecule has 1 aliphatic heterocycles. The lowest BCUT2D eigenvalue weighted by molar-refractivity contribution is 0.0176. The zero-order valence-corrected chi connectivity index (χ0v) is 11.8. The number of carbonyl (C=O) groups is 2. The molecule has 0 aliphatic carbocycles. The fourth-order valence-electron chi connectivity index (χ4n) is 2.32. The number of aromatic nitrogens is 2. The molecule has 0 bridgehead atoms. The molecule has 22 heavy (non-hydrogen) atoms. The van der Waals surface area contributed by atoms with Crippen LogP contribution in [0.25, 0.3) is 0 Å². The summed E-state index contributed by atoms with van der Waals surface area (Å²) in [7, 11) is 0.